The number of carboxylic acids is 1. The van der Waals surface area contributed by atoms with Gasteiger partial charge in [0, 0.05) is 20.3 Å². The maximum Gasteiger partial charge on any atom is 0.355 e. The van der Waals surface area contributed by atoms with Gasteiger partial charge in [-0.15, -0.1) is 5.10 Å². The lowest BCUT2D eigenvalue weighted by molar-refractivity contribution is -0.135. The Balaban J connectivity index is 0.000000349. The van der Waals surface area contributed by atoms with Crippen LogP contribution in [0.25, 0.3) is 5.69 Å². The van der Waals surface area contributed by atoms with Crippen molar-refractivity contribution in [1.82, 2.24) is 44.2 Å². The SMILES string of the molecule is COc1cc(OC)nc(NC(=O)NS(=O)(=O)c2ncccc2C(=O)N(C)C)n1.Cc1nn(-c2cc(NS(C)(=O)=O)c(Cl)cc2Cl)c(=O)n1C(F)F.O=C(O)CNCP(=O)(O)O. The number of rotatable bonds is 14. The molecular formula is C29H36Cl2F2N11O14PS2. The summed E-state index contributed by atoms with van der Waals surface area (Å²) in [4.78, 5) is 75.1. The van der Waals surface area contributed by atoms with Crippen molar-refractivity contribution in [3.63, 3.8) is 0 Å². The standard InChI is InChI=1S/C15H18N6O6S.C11H10Cl2F2N4O3S.C3H8NO5P/c1-21(2)13(22)9-6-5-7-16-12(9)28(24,25)20-15(23)19-14-17-10(26-3)8-11(18-14)27-4;1-5-16-19(11(20)18(5)10(14)15)9-4-8(17-23(2,21)22)6(12)3-7(9)13;5-3(6)1-4-2-10(7,8)9/h5-8H,1-4H3,(H2,17,18,19,20,23);3-4,10,17H,1-2H3;4H,1-2H2,(H,5,6)(H2,7,8,9). The van der Waals surface area contributed by atoms with E-state index in [4.69, 9.17) is 47.6 Å². The Morgan fingerprint density at radius 3 is 2.08 bits per heavy atom. The predicted molar refractivity (Wildman–Crippen MR) is 212 cm³/mol. The minimum atomic E-state index is -4.46. The van der Waals surface area contributed by atoms with Crippen LogP contribution in [0.4, 0.5) is 25.2 Å². The van der Waals surface area contributed by atoms with Crippen LogP contribution in [-0.4, -0.2) is 131 Å². The average molecular weight is 967 g/mol. The van der Waals surface area contributed by atoms with Gasteiger partial charge < -0.3 is 29.3 Å². The molecule has 0 saturated heterocycles. The second kappa shape index (κ2) is 21.8. The topological polar surface area (TPSA) is 346 Å². The van der Waals surface area contributed by atoms with Gasteiger partial charge in [0.1, 0.15) is 5.82 Å². The second-order valence-electron chi connectivity index (χ2n) is 11.6. The van der Waals surface area contributed by atoms with Crippen LogP contribution in [0.15, 0.2) is 46.3 Å². The predicted octanol–water partition coefficient (Wildman–Crippen LogP) is 1.31. The summed E-state index contributed by atoms with van der Waals surface area (Å²) in [6, 6.07) is 5.21. The number of hydrogen-bond acceptors (Lipinski definition) is 16. The largest absolute Gasteiger partial charge is 0.481 e. The molecule has 0 saturated carbocycles. The Hall–Kier alpha value is -5.55. The monoisotopic (exact) mass is 965 g/mol. The molecule has 4 rings (SSSR count). The normalized spacial score (nSPS) is 11.3. The van der Waals surface area contributed by atoms with Gasteiger partial charge in [0.05, 0.1) is 66.4 Å². The van der Waals surface area contributed by atoms with Crippen molar-refractivity contribution in [3.05, 3.63) is 68.4 Å². The molecule has 3 amide bonds. The van der Waals surface area contributed by atoms with Gasteiger partial charge in [-0.2, -0.15) is 31.8 Å². The number of halogens is 4. The smallest absolute Gasteiger partial charge is 0.355 e. The summed E-state index contributed by atoms with van der Waals surface area (Å²) in [5.41, 5.74) is -1.46. The number of amides is 3. The molecule has 0 atom stereocenters. The molecule has 3 heterocycles. The molecule has 0 spiro atoms. The molecule has 0 aliphatic carbocycles. The Morgan fingerprint density at radius 2 is 1.61 bits per heavy atom. The number of aryl methyl sites for hydroxylation is 1. The summed E-state index contributed by atoms with van der Waals surface area (Å²) >= 11 is 11.8. The van der Waals surface area contributed by atoms with Crippen LogP contribution in [-0.2, 0) is 29.4 Å². The molecule has 0 bridgehead atoms. The maximum absolute atomic E-state index is 12.8. The Kier molecular flexibility index (Phi) is 18.4. The third-order valence-corrected chi connectivity index (χ3v) is 9.67. The fourth-order valence-electron chi connectivity index (χ4n) is 4.12. The number of nitrogens with zero attached hydrogens (tertiary/aromatic N) is 7. The van der Waals surface area contributed by atoms with E-state index in [1.165, 1.54) is 70.6 Å². The zero-order chi connectivity index (χ0) is 46.6. The number of carboxylic acid groups (broad SMARTS) is 1. The third-order valence-electron chi connectivity index (χ3n) is 6.54. The number of aliphatic carboxylic acids is 1. The number of carbonyl (C=O) groups is 3. The van der Waals surface area contributed by atoms with Gasteiger partial charge in [0.25, 0.3) is 15.9 Å². The highest BCUT2D eigenvalue weighted by atomic mass is 35.5. The lowest BCUT2D eigenvalue weighted by Crippen LogP contribution is -2.36. The number of nitrogens with one attached hydrogen (secondary N) is 4. The van der Waals surface area contributed by atoms with Gasteiger partial charge in [0.2, 0.25) is 27.7 Å². The minimum absolute atomic E-state index is 0.0257. The molecular weight excluding hydrogens is 930 g/mol. The molecule has 1 aromatic carbocycles. The minimum Gasteiger partial charge on any atom is -0.481 e. The van der Waals surface area contributed by atoms with Crippen molar-refractivity contribution < 1.29 is 68.9 Å². The number of benzene rings is 1. The van der Waals surface area contributed by atoms with Gasteiger partial charge in [-0.05, 0) is 31.2 Å². The first kappa shape index (κ1) is 51.6. The summed E-state index contributed by atoms with van der Waals surface area (Å²) in [6.07, 6.45) is 1.49. The zero-order valence-corrected chi connectivity index (χ0v) is 36.2. The molecule has 0 fully saturated rings. The summed E-state index contributed by atoms with van der Waals surface area (Å²) in [5.74, 6) is -2.03. The van der Waals surface area contributed by atoms with E-state index in [0.717, 1.165) is 12.3 Å². The van der Waals surface area contributed by atoms with Crippen LogP contribution in [0.2, 0.25) is 10.0 Å². The molecule has 3 aromatic heterocycles. The molecule has 0 aliphatic heterocycles. The van der Waals surface area contributed by atoms with Gasteiger partial charge in [-0.3, -0.25) is 29.5 Å². The van der Waals surface area contributed by atoms with Crippen LogP contribution >= 0.6 is 30.8 Å². The van der Waals surface area contributed by atoms with E-state index in [2.05, 4.69) is 35.4 Å². The molecule has 0 aliphatic rings. The van der Waals surface area contributed by atoms with Crippen LogP contribution in [0.1, 0.15) is 22.7 Å². The van der Waals surface area contributed by atoms with Gasteiger partial charge in [0.15, 0.2) is 5.03 Å². The van der Waals surface area contributed by atoms with E-state index >= 15 is 0 Å². The number of anilines is 2. The number of urea groups is 1. The van der Waals surface area contributed by atoms with Crippen molar-refractivity contribution in [3.8, 4) is 17.4 Å². The van der Waals surface area contributed by atoms with Crippen molar-refractivity contribution in [2.45, 2.75) is 18.5 Å². The van der Waals surface area contributed by atoms with Crippen molar-refractivity contribution in [1.29, 1.82) is 0 Å². The van der Waals surface area contributed by atoms with Gasteiger partial charge in [-0.1, -0.05) is 23.2 Å². The van der Waals surface area contributed by atoms with Gasteiger partial charge in [-0.25, -0.2) is 32.3 Å². The summed E-state index contributed by atoms with van der Waals surface area (Å²) in [5, 5.41) is 15.2. The van der Waals surface area contributed by atoms with E-state index in [-0.39, 0.29) is 55.1 Å². The molecule has 0 radical (unpaired) electrons. The number of ether oxygens (including phenoxy) is 2. The fraction of sp³-hybridized carbons (Fsp3) is 0.310. The first-order chi connectivity index (χ1) is 28.1. The van der Waals surface area contributed by atoms with Crippen LogP contribution in [0.3, 0.4) is 0 Å². The highest BCUT2D eigenvalue weighted by Gasteiger charge is 2.27. The van der Waals surface area contributed by atoms with Crippen molar-refractivity contribution in [2.75, 3.05) is 57.4 Å². The second-order valence-corrected chi connectivity index (χ2v) is 17.4. The highest BCUT2D eigenvalue weighted by Crippen LogP contribution is 2.32. The Morgan fingerprint density at radius 1 is 1.02 bits per heavy atom. The zero-order valence-electron chi connectivity index (χ0n) is 32.2. The van der Waals surface area contributed by atoms with Crippen LogP contribution in [0.5, 0.6) is 11.8 Å². The van der Waals surface area contributed by atoms with E-state index < -0.39 is 75.6 Å². The molecule has 0 unspecified atom stereocenters. The summed E-state index contributed by atoms with van der Waals surface area (Å²) in [7, 11) is -6.59. The highest BCUT2D eigenvalue weighted by molar-refractivity contribution is 7.92. The van der Waals surface area contributed by atoms with E-state index in [0.29, 0.717) is 4.68 Å². The van der Waals surface area contributed by atoms with E-state index in [9.17, 15) is 49.4 Å². The van der Waals surface area contributed by atoms with Gasteiger partial charge >= 0.3 is 31.8 Å². The molecule has 7 N–H and O–H groups in total. The first-order valence-electron chi connectivity index (χ1n) is 16.0. The number of sulfonamides is 2. The van der Waals surface area contributed by atoms with Crippen molar-refractivity contribution in [2.24, 2.45) is 0 Å². The summed E-state index contributed by atoms with van der Waals surface area (Å²) < 4.78 is 98.0. The van der Waals surface area contributed by atoms with E-state index in [1.54, 1.807) is 4.72 Å². The molecule has 25 nitrogen and oxygen atoms in total. The molecule has 32 heteroatoms. The number of alkyl halides is 2. The third kappa shape index (κ3) is 16.1. The number of hydrogen-bond donors (Lipinski definition) is 7. The Labute approximate surface area is 354 Å². The maximum atomic E-state index is 12.8. The molecule has 4 aromatic rings. The fourth-order valence-corrected chi connectivity index (χ4v) is 6.69. The quantitative estimate of drug-likeness (QED) is 0.0876. The van der Waals surface area contributed by atoms with Crippen LogP contribution < -0.4 is 35.2 Å². The number of pyridine rings is 1. The van der Waals surface area contributed by atoms with Crippen LogP contribution in [0, 0.1) is 6.92 Å². The Bertz CT molecular complexity index is 2560. The van der Waals surface area contributed by atoms with Crippen molar-refractivity contribution >= 4 is 80.4 Å². The lowest BCUT2D eigenvalue weighted by Gasteiger charge is -2.14. The number of aromatic nitrogens is 6. The first-order valence-corrected chi connectivity index (χ1v) is 21.9. The van der Waals surface area contributed by atoms with E-state index in [1.807, 2.05) is 0 Å². The number of carbonyl (C=O) groups excluding carboxylic acids is 2. The number of methoxy groups -OCH3 is 2. The molecule has 61 heavy (non-hydrogen) atoms. The average Bonchev–Trinajstić information content (AvgIpc) is 3.44. The molecule has 336 valence electrons. The lowest BCUT2D eigenvalue weighted by atomic mass is 10.2. The summed E-state index contributed by atoms with van der Waals surface area (Å²) in [6.45, 7) is -2.29.